The molecule has 218 valence electrons. The van der Waals surface area contributed by atoms with Gasteiger partial charge in [-0.1, -0.05) is 31.4 Å². The number of hydrogen-bond donors (Lipinski definition) is 1. The first-order valence-electron chi connectivity index (χ1n) is 13.0. The number of carbonyl (C=O) groups is 2. The number of rotatable bonds is 12. The first-order valence-corrected chi connectivity index (χ1v) is 14.8. The van der Waals surface area contributed by atoms with E-state index in [1.54, 1.807) is 31.2 Å². The largest absolute Gasteiger partial charge is 0.497 e. The molecular formula is C27H36N4O8S. The lowest BCUT2D eigenvalue weighted by molar-refractivity contribution is -0.384. The highest BCUT2D eigenvalue weighted by atomic mass is 32.2. The third-order valence-electron chi connectivity index (χ3n) is 6.93. The van der Waals surface area contributed by atoms with E-state index in [4.69, 9.17) is 9.47 Å². The van der Waals surface area contributed by atoms with E-state index < -0.39 is 33.4 Å². The van der Waals surface area contributed by atoms with Crippen LogP contribution >= 0.6 is 0 Å². The third-order valence-corrected chi connectivity index (χ3v) is 8.05. The highest BCUT2D eigenvalue weighted by Gasteiger charge is 2.32. The number of carbonyl (C=O) groups excluding carboxylic acids is 2. The van der Waals surface area contributed by atoms with Gasteiger partial charge in [0.25, 0.3) is 5.69 Å². The van der Waals surface area contributed by atoms with E-state index in [9.17, 15) is 28.1 Å². The molecule has 1 unspecified atom stereocenters. The van der Waals surface area contributed by atoms with Crippen LogP contribution in [-0.4, -0.2) is 69.2 Å². The van der Waals surface area contributed by atoms with Gasteiger partial charge < -0.3 is 19.7 Å². The van der Waals surface area contributed by atoms with E-state index in [0.717, 1.165) is 48.7 Å². The molecule has 1 aliphatic rings. The number of ether oxygens (including phenoxy) is 2. The lowest BCUT2D eigenvalue weighted by Gasteiger charge is -2.33. The van der Waals surface area contributed by atoms with Crippen LogP contribution in [0.15, 0.2) is 42.5 Å². The molecule has 2 aromatic carbocycles. The molecule has 0 aliphatic heterocycles. The van der Waals surface area contributed by atoms with Crippen molar-refractivity contribution in [2.24, 2.45) is 0 Å². The summed E-state index contributed by atoms with van der Waals surface area (Å²) in [6.45, 7) is 0.884. The molecule has 0 radical (unpaired) electrons. The second-order valence-electron chi connectivity index (χ2n) is 9.78. The van der Waals surface area contributed by atoms with Crippen LogP contribution in [0.2, 0.25) is 0 Å². The van der Waals surface area contributed by atoms with Gasteiger partial charge in [-0.15, -0.1) is 0 Å². The Balaban J connectivity index is 1.97. The van der Waals surface area contributed by atoms with Crippen molar-refractivity contribution in [3.63, 3.8) is 0 Å². The maximum Gasteiger partial charge on any atom is 0.271 e. The average Bonchev–Trinajstić information content (AvgIpc) is 2.93. The predicted molar refractivity (Wildman–Crippen MR) is 150 cm³/mol. The van der Waals surface area contributed by atoms with Gasteiger partial charge in [-0.05, 0) is 43.5 Å². The number of anilines is 1. The van der Waals surface area contributed by atoms with Gasteiger partial charge in [-0.2, -0.15) is 0 Å². The molecule has 3 rings (SSSR count). The Labute approximate surface area is 234 Å². The maximum atomic E-state index is 13.8. The fourth-order valence-corrected chi connectivity index (χ4v) is 5.55. The Morgan fingerprint density at radius 1 is 1.10 bits per heavy atom. The van der Waals surface area contributed by atoms with Crippen molar-refractivity contribution in [1.29, 1.82) is 0 Å². The number of nitrogens with zero attached hydrogens (tertiary/aromatic N) is 3. The summed E-state index contributed by atoms with van der Waals surface area (Å²) in [5.41, 5.74) is 0.141. The number of benzene rings is 2. The number of hydrogen-bond acceptors (Lipinski definition) is 8. The number of nitro benzene ring substituents is 1. The summed E-state index contributed by atoms with van der Waals surface area (Å²) in [7, 11) is -1.31. The Bertz CT molecular complexity index is 1330. The van der Waals surface area contributed by atoms with Gasteiger partial charge in [0, 0.05) is 24.7 Å². The molecule has 0 bridgehead atoms. The highest BCUT2D eigenvalue weighted by Crippen LogP contribution is 2.34. The van der Waals surface area contributed by atoms with Crippen molar-refractivity contribution < 1.29 is 32.4 Å². The maximum absolute atomic E-state index is 13.8. The van der Waals surface area contributed by atoms with Crippen molar-refractivity contribution in [1.82, 2.24) is 10.2 Å². The predicted octanol–water partition coefficient (Wildman–Crippen LogP) is 3.24. The molecular weight excluding hydrogens is 540 g/mol. The molecule has 2 amide bonds. The molecule has 0 saturated heterocycles. The van der Waals surface area contributed by atoms with Crippen LogP contribution in [0.4, 0.5) is 11.4 Å². The second-order valence-corrected chi connectivity index (χ2v) is 11.7. The molecule has 0 spiro atoms. The van der Waals surface area contributed by atoms with E-state index in [1.807, 2.05) is 0 Å². The van der Waals surface area contributed by atoms with E-state index in [-0.39, 0.29) is 35.6 Å². The first-order chi connectivity index (χ1) is 18.9. The van der Waals surface area contributed by atoms with Crippen LogP contribution in [0.5, 0.6) is 11.5 Å². The molecule has 2 aromatic rings. The number of non-ortho nitro benzene ring substituents is 1. The molecule has 1 N–H and O–H groups in total. The van der Waals surface area contributed by atoms with Crippen molar-refractivity contribution in [3.05, 3.63) is 58.1 Å². The summed E-state index contributed by atoms with van der Waals surface area (Å²) in [5, 5.41) is 14.4. The van der Waals surface area contributed by atoms with Gasteiger partial charge in [0.15, 0.2) is 0 Å². The molecule has 40 heavy (non-hydrogen) atoms. The minimum Gasteiger partial charge on any atom is -0.497 e. The van der Waals surface area contributed by atoms with Gasteiger partial charge in [0.1, 0.15) is 29.8 Å². The summed E-state index contributed by atoms with van der Waals surface area (Å²) >= 11 is 0. The summed E-state index contributed by atoms with van der Waals surface area (Å²) in [4.78, 5) is 39.1. The Hall–Kier alpha value is -3.87. The van der Waals surface area contributed by atoms with E-state index in [2.05, 4.69) is 5.32 Å². The third kappa shape index (κ3) is 7.84. The zero-order valence-electron chi connectivity index (χ0n) is 23.2. The molecule has 12 nitrogen and oxygen atoms in total. The first kappa shape index (κ1) is 30.7. The van der Waals surface area contributed by atoms with Crippen LogP contribution in [-0.2, 0) is 26.2 Å². The Morgan fingerprint density at radius 3 is 2.40 bits per heavy atom. The second kappa shape index (κ2) is 13.5. The van der Waals surface area contributed by atoms with Gasteiger partial charge in [0.2, 0.25) is 21.8 Å². The van der Waals surface area contributed by atoms with Crippen LogP contribution in [0.1, 0.15) is 44.6 Å². The van der Waals surface area contributed by atoms with E-state index >= 15 is 0 Å². The molecule has 0 aromatic heterocycles. The van der Waals surface area contributed by atoms with Crippen LogP contribution in [0.25, 0.3) is 0 Å². The lowest BCUT2D eigenvalue weighted by Crippen LogP contribution is -2.53. The normalized spacial score (nSPS) is 14.6. The Morgan fingerprint density at radius 2 is 1.80 bits per heavy atom. The summed E-state index contributed by atoms with van der Waals surface area (Å²) < 4.78 is 37.1. The minimum atomic E-state index is -4.11. The Kier molecular flexibility index (Phi) is 10.3. The molecule has 13 heteroatoms. The average molecular weight is 577 g/mol. The standard InChI is InChI=1S/C27H36N4O8S/c1-19(27(33)28-21-10-6-5-7-11-21)29(17-20-9-8-12-23(15-20)38-2)26(32)18-30(40(4,36)37)24-16-22(31(34)35)13-14-25(24)39-3/h8-9,12-16,19,21H,5-7,10-11,17-18H2,1-4H3,(H,28,33). The van der Waals surface area contributed by atoms with Crippen molar-refractivity contribution >= 4 is 33.2 Å². The van der Waals surface area contributed by atoms with Crippen molar-refractivity contribution in [3.8, 4) is 11.5 Å². The molecule has 1 aliphatic carbocycles. The number of sulfonamides is 1. The topological polar surface area (TPSA) is 148 Å². The molecule has 1 fully saturated rings. The van der Waals surface area contributed by atoms with Crippen LogP contribution in [0, 0.1) is 10.1 Å². The SMILES string of the molecule is COc1cccc(CN(C(=O)CN(c2cc([N+](=O)[O-])ccc2OC)S(C)(=O)=O)C(C)C(=O)NC2CCCCC2)c1. The smallest absolute Gasteiger partial charge is 0.271 e. The van der Waals surface area contributed by atoms with E-state index in [1.165, 1.54) is 31.3 Å². The van der Waals surface area contributed by atoms with Gasteiger partial charge in [-0.3, -0.25) is 24.0 Å². The monoisotopic (exact) mass is 576 g/mol. The summed E-state index contributed by atoms with van der Waals surface area (Å²) in [5.74, 6) is -0.426. The summed E-state index contributed by atoms with van der Waals surface area (Å²) in [6.07, 6.45) is 5.75. The zero-order valence-corrected chi connectivity index (χ0v) is 24.0. The molecule has 1 atom stereocenters. The summed E-state index contributed by atoms with van der Waals surface area (Å²) in [6, 6.07) is 9.56. The number of methoxy groups -OCH3 is 2. The number of amides is 2. The lowest BCUT2D eigenvalue weighted by atomic mass is 9.95. The minimum absolute atomic E-state index is 0.00103. The molecule has 1 saturated carbocycles. The highest BCUT2D eigenvalue weighted by molar-refractivity contribution is 7.92. The van der Waals surface area contributed by atoms with Crippen LogP contribution in [0.3, 0.4) is 0 Å². The fraction of sp³-hybridized carbons (Fsp3) is 0.481. The van der Waals surface area contributed by atoms with Crippen LogP contribution < -0.4 is 19.1 Å². The van der Waals surface area contributed by atoms with E-state index in [0.29, 0.717) is 11.3 Å². The quantitative estimate of drug-likeness (QED) is 0.299. The zero-order chi connectivity index (χ0) is 29.4. The fourth-order valence-electron chi connectivity index (χ4n) is 4.70. The van der Waals surface area contributed by atoms with Crippen molar-refractivity contribution in [2.75, 3.05) is 31.3 Å². The molecule has 0 heterocycles. The number of nitro groups is 1. The number of nitrogens with one attached hydrogen (secondary N) is 1. The van der Waals surface area contributed by atoms with Gasteiger partial charge in [-0.25, -0.2) is 8.42 Å². The van der Waals surface area contributed by atoms with Gasteiger partial charge in [0.05, 0.1) is 25.4 Å². The van der Waals surface area contributed by atoms with Gasteiger partial charge >= 0.3 is 0 Å². The van der Waals surface area contributed by atoms with Crippen molar-refractivity contribution in [2.45, 2.75) is 57.7 Å².